The lowest BCUT2D eigenvalue weighted by Gasteiger charge is -2.13. The van der Waals surface area contributed by atoms with E-state index in [1.165, 1.54) is 24.5 Å². The molecule has 0 aliphatic carbocycles. The van der Waals surface area contributed by atoms with E-state index in [4.69, 9.17) is 4.74 Å². The number of ether oxygens (including phenoxy) is 1. The normalized spacial score (nSPS) is 12.1. The zero-order chi connectivity index (χ0) is 20.5. The summed E-state index contributed by atoms with van der Waals surface area (Å²) in [6.07, 6.45) is -7.28. The van der Waals surface area contributed by atoms with Crippen LogP contribution < -0.4 is 4.74 Å². The lowest BCUT2D eigenvalue weighted by atomic mass is 10.2. The molecule has 0 unspecified atom stereocenters. The molecule has 2 heterocycles. The van der Waals surface area contributed by atoms with Crippen molar-refractivity contribution in [2.45, 2.75) is 12.4 Å². The van der Waals surface area contributed by atoms with Crippen LogP contribution in [0.1, 0.15) is 11.3 Å². The molecule has 0 spiro atoms. The average molecular weight is 403 g/mol. The highest BCUT2D eigenvalue weighted by Gasteiger charge is 2.36. The quantitative estimate of drug-likeness (QED) is 0.542. The van der Waals surface area contributed by atoms with Gasteiger partial charge in [-0.25, -0.2) is 9.37 Å². The van der Waals surface area contributed by atoms with E-state index in [9.17, 15) is 30.7 Å². The molecule has 0 amide bonds. The van der Waals surface area contributed by atoms with Crippen LogP contribution in [0.4, 0.5) is 30.7 Å². The van der Waals surface area contributed by atoms with Crippen molar-refractivity contribution in [1.29, 1.82) is 0 Å². The second-order valence-electron chi connectivity index (χ2n) is 5.40. The number of alkyl halides is 6. The Hall–Kier alpha value is -3.24. The van der Waals surface area contributed by atoms with Crippen LogP contribution in [0.2, 0.25) is 0 Å². The number of nitrogens with zero attached hydrogens (tertiary/aromatic N) is 3. The summed E-state index contributed by atoms with van der Waals surface area (Å²) in [5.74, 6) is -3.15. The minimum atomic E-state index is -5.01. The Morgan fingerprint density at radius 2 is 1.61 bits per heavy atom. The fraction of sp³-hybridized carbons (Fsp3) is 0.118. The molecule has 2 aromatic heterocycles. The van der Waals surface area contributed by atoms with Crippen molar-refractivity contribution in [3.8, 4) is 23.0 Å². The number of hydrogen-bond acceptors (Lipinski definition) is 4. The van der Waals surface area contributed by atoms with Crippen LogP contribution in [0.25, 0.3) is 11.4 Å². The molecule has 0 bridgehead atoms. The summed E-state index contributed by atoms with van der Waals surface area (Å²) in [5.41, 5.74) is -2.86. The molecule has 0 atom stereocenters. The van der Waals surface area contributed by atoms with Crippen LogP contribution in [0, 0.1) is 5.82 Å². The maximum Gasteiger partial charge on any atom is 0.433 e. The topological polar surface area (TPSA) is 47.9 Å². The Kier molecular flexibility index (Phi) is 4.92. The molecule has 3 aromatic rings. The van der Waals surface area contributed by atoms with Gasteiger partial charge in [0.25, 0.3) is 0 Å². The number of benzene rings is 1. The lowest BCUT2D eigenvalue weighted by molar-refractivity contribution is -0.141. The fourth-order valence-electron chi connectivity index (χ4n) is 2.15. The summed E-state index contributed by atoms with van der Waals surface area (Å²) >= 11 is 0. The van der Waals surface area contributed by atoms with Gasteiger partial charge in [-0.15, -0.1) is 0 Å². The van der Waals surface area contributed by atoms with E-state index < -0.39 is 46.9 Å². The zero-order valence-electron chi connectivity index (χ0n) is 13.5. The molecular weight excluding hydrogens is 395 g/mol. The molecular formula is C17H8F7N3O. The molecule has 146 valence electrons. The van der Waals surface area contributed by atoms with E-state index in [2.05, 4.69) is 15.0 Å². The summed E-state index contributed by atoms with van der Waals surface area (Å²) in [5, 5.41) is 0. The van der Waals surface area contributed by atoms with Crippen molar-refractivity contribution in [3.05, 3.63) is 65.9 Å². The molecule has 0 aliphatic heterocycles. The van der Waals surface area contributed by atoms with Crippen LogP contribution >= 0.6 is 0 Å². The summed E-state index contributed by atoms with van der Waals surface area (Å²) in [6, 6.07) is 4.92. The van der Waals surface area contributed by atoms with Gasteiger partial charge in [-0.2, -0.15) is 31.3 Å². The summed E-state index contributed by atoms with van der Waals surface area (Å²) in [7, 11) is 0. The first-order valence-electron chi connectivity index (χ1n) is 7.45. The standard InChI is InChI=1S/C17H8F7N3O/c18-12-4-3-10(6-11(12)16(19,20)21)28-14-7-13(17(22,23)24)26-15(27-14)9-2-1-5-25-8-9/h1-8H. The number of halogens is 7. The zero-order valence-corrected chi connectivity index (χ0v) is 13.5. The molecule has 3 rings (SSSR count). The molecule has 4 nitrogen and oxygen atoms in total. The van der Waals surface area contributed by atoms with Gasteiger partial charge in [0.2, 0.25) is 5.88 Å². The number of aromatic nitrogens is 3. The molecule has 0 fully saturated rings. The van der Waals surface area contributed by atoms with Gasteiger partial charge in [0.15, 0.2) is 11.5 Å². The Bertz CT molecular complexity index is 988. The molecule has 0 aliphatic rings. The molecule has 0 radical (unpaired) electrons. The van der Waals surface area contributed by atoms with Crippen LogP contribution in [0.15, 0.2) is 48.8 Å². The van der Waals surface area contributed by atoms with E-state index in [0.717, 1.165) is 6.07 Å². The minimum Gasteiger partial charge on any atom is -0.439 e. The molecule has 11 heteroatoms. The van der Waals surface area contributed by atoms with Gasteiger partial charge in [-0.3, -0.25) is 4.98 Å². The largest absolute Gasteiger partial charge is 0.439 e. The third-order valence-corrected chi connectivity index (χ3v) is 3.38. The minimum absolute atomic E-state index is 0.133. The predicted octanol–water partition coefficient (Wildman–Crippen LogP) is 5.51. The van der Waals surface area contributed by atoms with E-state index in [1.807, 2.05) is 0 Å². The van der Waals surface area contributed by atoms with Gasteiger partial charge < -0.3 is 4.74 Å². The van der Waals surface area contributed by atoms with Crippen molar-refractivity contribution in [1.82, 2.24) is 15.0 Å². The van der Waals surface area contributed by atoms with Gasteiger partial charge in [0, 0.05) is 24.0 Å². The number of pyridine rings is 1. The van der Waals surface area contributed by atoms with Gasteiger partial charge in [0.1, 0.15) is 11.6 Å². The molecule has 28 heavy (non-hydrogen) atoms. The van der Waals surface area contributed by atoms with Gasteiger partial charge in [0.05, 0.1) is 5.56 Å². The predicted molar refractivity (Wildman–Crippen MR) is 81.7 cm³/mol. The molecule has 0 saturated carbocycles. The van der Waals surface area contributed by atoms with Crippen LogP contribution in [0.5, 0.6) is 11.6 Å². The second kappa shape index (κ2) is 7.06. The summed E-state index contributed by atoms with van der Waals surface area (Å²) in [6.45, 7) is 0. The molecule has 0 saturated heterocycles. The van der Waals surface area contributed by atoms with Gasteiger partial charge in [-0.05, 0) is 30.3 Å². The van der Waals surface area contributed by atoms with Crippen molar-refractivity contribution >= 4 is 0 Å². The van der Waals surface area contributed by atoms with E-state index in [-0.39, 0.29) is 5.56 Å². The van der Waals surface area contributed by atoms with E-state index in [0.29, 0.717) is 18.2 Å². The Morgan fingerprint density at radius 3 is 2.21 bits per heavy atom. The lowest BCUT2D eigenvalue weighted by Crippen LogP contribution is -2.11. The highest BCUT2D eigenvalue weighted by atomic mass is 19.4. The highest BCUT2D eigenvalue weighted by Crippen LogP contribution is 2.36. The maximum absolute atomic E-state index is 13.4. The van der Waals surface area contributed by atoms with Gasteiger partial charge >= 0.3 is 12.4 Å². The van der Waals surface area contributed by atoms with Crippen molar-refractivity contribution in [3.63, 3.8) is 0 Å². The highest BCUT2D eigenvalue weighted by molar-refractivity contribution is 5.54. The van der Waals surface area contributed by atoms with Crippen LogP contribution in [-0.2, 0) is 12.4 Å². The van der Waals surface area contributed by atoms with Crippen LogP contribution in [-0.4, -0.2) is 15.0 Å². The first-order valence-corrected chi connectivity index (χ1v) is 7.45. The molecule has 1 aromatic carbocycles. The number of hydrogen-bond donors (Lipinski definition) is 0. The number of rotatable bonds is 3. The Morgan fingerprint density at radius 1 is 0.857 bits per heavy atom. The summed E-state index contributed by atoms with van der Waals surface area (Å²) < 4.78 is 96.1. The fourth-order valence-corrected chi connectivity index (χ4v) is 2.15. The van der Waals surface area contributed by atoms with Gasteiger partial charge in [-0.1, -0.05) is 0 Å². The molecule has 0 N–H and O–H groups in total. The van der Waals surface area contributed by atoms with Crippen LogP contribution in [0.3, 0.4) is 0 Å². The Balaban J connectivity index is 2.05. The Labute approximate surface area is 152 Å². The first-order chi connectivity index (χ1) is 13.0. The van der Waals surface area contributed by atoms with E-state index in [1.54, 1.807) is 0 Å². The third-order valence-electron chi connectivity index (χ3n) is 3.38. The SMILES string of the molecule is Fc1ccc(Oc2cc(C(F)(F)F)nc(-c3cccnc3)n2)cc1C(F)(F)F. The monoisotopic (exact) mass is 403 g/mol. The average Bonchev–Trinajstić information content (AvgIpc) is 2.62. The maximum atomic E-state index is 13.4. The van der Waals surface area contributed by atoms with Crippen molar-refractivity contribution in [2.24, 2.45) is 0 Å². The van der Waals surface area contributed by atoms with Crippen molar-refractivity contribution in [2.75, 3.05) is 0 Å². The smallest absolute Gasteiger partial charge is 0.433 e. The van der Waals surface area contributed by atoms with Crippen molar-refractivity contribution < 1.29 is 35.5 Å². The third kappa shape index (κ3) is 4.35. The first kappa shape index (κ1) is 19.5. The van der Waals surface area contributed by atoms with E-state index >= 15 is 0 Å². The summed E-state index contributed by atoms with van der Waals surface area (Å²) in [4.78, 5) is 10.9. The second-order valence-corrected chi connectivity index (χ2v) is 5.40.